The predicted molar refractivity (Wildman–Crippen MR) is 153 cm³/mol. The van der Waals surface area contributed by atoms with E-state index in [1.807, 2.05) is 0 Å². The zero-order valence-corrected chi connectivity index (χ0v) is 23.9. The molecule has 0 aromatic rings. The van der Waals surface area contributed by atoms with Crippen LogP contribution >= 0.6 is 0 Å². The summed E-state index contributed by atoms with van der Waals surface area (Å²) in [5, 5.41) is 9.96. The van der Waals surface area contributed by atoms with E-state index in [1.54, 1.807) is 0 Å². The maximum absolute atomic E-state index is 11.9. The van der Waals surface area contributed by atoms with Crippen LogP contribution in [0.1, 0.15) is 174 Å². The average Bonchev–Trinajstić information content (AvgIpc) is 2.85. The third-order valence-corrected chi connectivity index (χ3v) is 6.98. The maximum Gasteiger partial charge on any atom is 0.305 e. The molecule has 35 heavy (non-hydrogen) atoms. The van der Waals surface area contributed by atoms with Crippen LogP contribution in [0.5, 0.6) is 0 Å². The van der Waals surface area contributed by atoms with Crippen LogP contribution in [0.25, 0.3) is 0 Å². The Labute approximate surface area is 219 Å². The summed E-state index contributed by atoms with van der Waals surface area (Å²) >= 11 is 0. The van der Waals surface area contributed by atoms with Gasteiger partial charge in [0.15, 0.2) is 0 Å². The molecule has 0 spiro atoms. The Morgan fingerprint density at radius 2 is 1.11 bits per heavy atom. The molecule has 1 unspecified atom stereocenters. The largest absolute Gasteiger partial charge is 0.466 e. The van der Waals surface area contributed by atoms with Gasteiger partial charge in [-0.05, 0) is 38.5 Å². The third-order valence-electron chi connectivity index (χ3n) is 6.98. The summed E-state index contributed by atoms with van der Waals surface area (Å²) in [6.45, 7) is 5.10. The van der Waals surface area contributed by atoms with E-state index in [0.29, 0.717) is 13.0 Å². The van der Waals surface area contributed by atoms with Gasteiger partial charge in [-0.1, -0.05) is 142 Å². The molecular formula is C32H62O3. The molecule has 208 valence electrons. The van der Waals surface area contributed by atoms with E-state index in [2.05, 4.69) is 26.0 Å². The number of esters is 1. The van der Waals surface area contributed by atoms with Crippen molar-refractivity contribution in [2.24, 2.45) is 0 Å². The second-order valence-corrected chi connectivity index (χ2v) is 10.6. The SMILES string of the molecule is CCCCCCCCCCCCCCOC(=O)CCCCCCC/C=C/CC(O)CCCCCC. The number of unbranched alkanes of at least 4 members (excludes halogenated alkanes) is 19. The van der Waals surface area contributed by atoms with E-state index in [9.17, 15) is 9.90 Å². The molecule has 0 rings (SSSR count). The highest BCUT2D eigenvalue weighted by atomic mass is 16.5. The molecule has 1 atom stereocenters. The second-order valence-electron chi connectivity index (χ2n) is 10.6. The van der Waals surface area contributed by atoms with E-state index >= 15 is 0 Å². The van der Waals surface area contributed by atoms with Crippen molar-refractivity contribution in [2.45, 2.75) is 180 Å². The number of hydrogen-bond acceptors (Lipinski definition) is 3. The van der Waals surface area contributed by atoms with Crippen molar-refractivity contribution in [2.75, 3.05) is 6.61 Å². The normalized spacial score (nSPS) is 12.4. The minimum Gasteiger partial charge on any atom is -0.466 e. The minimum absolute atomic E-state index is 0.00995. The molecule has 0 saturated heterocycles. The molecule has 0 aromatic heterocycles. The number of carbonyl (C=O) groups is 1. The highest BCUT2D eigenvalue weighted by molar-refractivity contribution is 5.69. The summed E-state index contributed by atoms with van der Waals surface area (Å²) in [6.07, 6.45) is 34.2. The first-order valence-corrected chi connectivity index (χ1v) is 15.7. The standard InChI is InChI=1S/C32H62O3/c1-3-5-7-9-10-11-12-13-16-19-22-26-30-35-32(34)29-25-21-18-15-14-17-20-24-28-31(33)27-23-8-6-4-2/h20,24,31,33H,3-19,21-23,25-30H2,1-2H3/b24-20+. The lowest BCUT2D eigenvalue weighted by Crippen LogP contribution is -2.05. The molecule has 0 radical (unpaired) electrons. The number of aliphatic hydroxyl groups is 1. The fourth-order valence-corrected chi connectivity index (χ4v) is 4.56. The van der Waals surface area contributed by atoms with Crippen LogP contribution < -0.4 is 0 Å². The van der Waals surface area contributed by atoms with Crippen LogP contribution in [-0.2, 0) is 9.53 Å². The lowest BCUT2D eigenvalue weighted by Gasteiger charge is -2.07. The van der Waals surface area contributed by atoms with Crippen molar-refractivity contribution in [1.29, 1.82) is 0 Å². The smallest absolute Gasteiger partial charge is 0.305 e. The van der Waals surface area contributed by atoms with Crippen LogP contribution in [0.2, 0.25) is 0 Å². The minimum atomic E-state index is -0.164. The lowest BCUT2D eigenvalue weighted by atomic mass is 10.1. The Balaban J connectivity index is 3.27. The first kappa shape index (κ1) is 34.2. The molecule has 1 N–H and O–H groups in total. The second kappa shape index (κ2) is 29.4. The number of ether oxygens (including phenoxy) is 1. The number of allylic oxidation sites excluding steroid dienone is 1. The van der Waals surface area contributed by atoms with Crippen LogP contribution in [-0.4, -0.2) is 23.8 Å². The Morgan fingerprint density at radius 1 is 0.629 bits per heavy atom. The number of aliphatic hydroxyl groups excluding tert-OH is 1. The molecule has 3 heteroatoms. The molecule has 0 fully saturated rings. The summed E-state index contributed by atoms with van der Waals surface area (Å²) in [5.74, 6) is -0.00995. The monoisotopic (exact) mass is 494 g/mol. The Hall–Kier alpha value is -0.830. The van der Waals surface area contributed by atoms with Crippen LogP contribution in [0.4, 0.5) is 0 Å². The van der Waals surface area contributed by atoms with Gasteiger partial charge in [-0.3, -0.25) is 4.79 Å². The van der Waals surface area contributed by atoms with Crippen molar-refractivity contribution < 1.29 is 14.6 Å². The van der Waals surface area contributed by atoms with Crippen molar-refractivity contribution in [1.82, 2.24) is 0 Å². The van der Waals surface area contributed by atoms with E-state index in [-0.39, 0.29) is 12.1 Å². The molecule has 3 nitrogen and oxygen atoms in total. The summed E-state index contributed by atoms with van der Waals surface area (Å²) < 4.78 is 5.39. The van der Waals surface area contributed by atoms with Gasteiger partial charge in [-0.15, -0.1) is 0 Å². The molecular weight excluding hydrogens is 432 g/mol. The van der Waals surface area contributed by atoms with Crippen LogP contribution in [0, 0.1) is 0 Å². The van der Waals surface area contributed by atoms with E-state index in [1.165, 1.54) is 109 Å². The Bertz CT molecular complexity index is 446. The number of hydrogen-bond donors (Lipinski definition) is 1. The summed E-state index contributed by atoms with van der Waals surface area (Å²) in [6, 6.07) is 0. The summed E-state index contributed by atoms with van der Waals surface area (Å²) in [4.78, 5) is 11.9. The highest BCUT2D eigenvalue weighted by Gasteiger charge is 2.03. The highest BCUT2D eigenvalue weighted by Crippen LogP contribution is 2.13. The predicted octanol–water partition coefficient (Wildman–Crippen LogP) is 10.2. The van der Waals surface area contributed by atoms with Gasteiger partial charge in [-0.2, -0.15) is 0 Å². The van der Waals surface area contributed by atoms with Gasteiger partial charge in [0.2, 0.25) is 0 Å². The molecule has 0 amide bonds. The van der Waals surface area contributed by atoms with Gasteiger partial charge in [0, 0.05) is 6.42 Å². The van der Waals surface area contributed by atoms with Crippen molar-refractivity contribution in [3.8, 4) is 0 Å². The fraction of sp³-hybridized carbons (Fsp3) is 0.906. The van der Waals surface area contributed by atoms with Gasteiger partial charge >= 0.3 is 5.97 Å². The lowest BCUT2D eigenvalue weighted by molar-refractivity contribution is -0.143. The van der Waals surface area contributed by atoms with Crippen molar-refractivity contribution in [3.05, 3.63) is 12.2 Å². The molecule has 0 aliphatic carbocycles. The van der Waals surface area contributed by atoms with Gasteiger partial charge in [-0.25, -0.2) is 0 Å². The quantitative estimate of drug-likeness (QED) is 0.0668. The zero-order chi connectivity index (χ0) is 25.7. The topological polar surface area (TPSA) is 46.5 Å². The molecule has 0 bridgehead atoms. The average molecular weight is 495 g/mol. The third kappa shape index (κ3) is 29.3. The zero-order valence-electron chi connectivity index (χ0n) is 23.9. The van der Waals surface area contributed by atoms with E-state index < -0.39 is 0 Å². The van der Waals surface area contributed by atoms with Crippen LogP contribution in [0.3, 0.4) is 0 Å². The van der Waals surface area contributed by atoms with Crippen molar-refractivity contribution in [3.63, 3.8) is 0 Å². The van der Waals surface area contributed by atoms with E-state index in [4.69, 9.17) is 4.74 Å². The van der Waals surface area contributed by atoms with Gasteiger partial charge in [0.25, 0.3) is 0 Å². The summed E-state index contributed by atoms with van der Waals surface area (Å²) in [7, 11) is 0. The molecule has 0 saturated carbocycles. The molecule has 0 heterocycles. The number of rotatable bonds is 28. The van der Waals surface area contributed by atoms with Gasteiger partial charge in [0.05, 0.1) is 12.7 Å². The fourth-order valence-electron chi connectivity index (χ4n) is 4.56. The molecule has 0 aliphatic rings. The Morgan fingerprint density at radius 3 is 1.71 bits per heavy atom. The van der Waals surface area contributed by atoms with E-state index in [0.717, 1.165) is 44.9 Å². The van der Waals surface area contributed by atoms with Gasteiger partial charge < -0.3 is 9.84 Å². The maximum atomic E-state index is 11.9. The van der Waals surface area contributed by atoms with Crippen LogP contribution in [0.15, 0.2) is 12.2 Å². The van der Waals surface area contributed by atoms with Crippen molar-refractivity contribution >= 4 is 5.97 Å². The first-order chi connectivity index (χ1) is 17.2. The van der Waals surface area contributed by atoms with Gasteiger partial charge in [0.1, 0.15) is 0 Å². The molecule has 0 aromatic carbocycles. The number of carbonyl (C=O) groups excluding carboxylic acids is 1. The molecule has 0 aliphatic heterocycles. The Kier molecular flexibility index (Phi) is 28.7. The summed E-state index contributed by atoms with van der Waals surface area (Å²) in [5.41, 5.74) is 0. The first-order valence-electron chi connectivity index (χ1n) is 15.7.